The summed E-state index contributed by atoms with van der Waals surface area (Å²) in [5, 5.41) is 1.30. The van der Waals surface area contributed by atoms with Crippen molar-refractivity contribution in [3.8, 4) is 0 Å². The van der Waals surface area contributed by atoms with Gasteiger partial charge in [-0.25, -0.2) is 0 Å². The Balaban J connectivity index is 1.96. The third-order valence-corrected chi connectivity index (χ3v) is 3.51. The molecule has 96 valence electrons. The van der Waals surface area contributed by atoms with Crippen LogP contribution < -0.4 is 5.73 Å². The fourth-order valence-electron chi connectivity index (χ4n) is 2.51. The van der Waals surface area contributed by atoms with Crippen molar-refractivity contribution >= 4 is 10.9 Å². The average Bonchev–Trinajstić information content (AvgIpc) is 2.81. The fourth-order valence-corrected chi connectivity index (χ4v) is 2.51. The van der Waals surface area contributed by atoms with Gasteiger partial charge < -0.3 is 10.3 Å². The molecule has 0 bridgehead atoms. The van der Waals surface area contributed by atoms with Gasteiger partial charge in [0.05, 0.1) is 0 Å². The summed E-state index contributed by atoms with van der Waals surface area (Å²) in [5.74, 6) is 0. The lowest BCUT2D eigenvalue weighted by Crippen LogP contribution is -2.01. The van der Waals surface area contributed by atoms with Crippen molar-refractivity contribution in [3.05, 3.63) is 71.4 Å². The third kappa shape index (κ3) is 2.40. The van der Waals surface area contributed by atoms with Crippen LogP contribution in [0.5, 0.6) is 0 Å². The molecule has 0 spiro atoms. The first-order chi connectivity index (χ1) is 9.26. The van der Waals surface area contributed by atoms with Gasteiger partial charge >= 0.3 is 0 Å². The maximum atomic E-state index is 5.69. The molecule has 0 aliphatic carbocycles. The Hall–Kier alpha value is -2.06. The van der Waals surface area contributed by atoms with Gasteiger partial charge in [-0.05, 0) is 41.6 Å². The molecule has 0 saturated carbocycles. The van der Waals surface area contributed by atoms with Gasteiger partial charge in [-0.1, -0.05) is 35.9 Å². The highest BCUT2D eigenvalue weighted by Crippen LogP contribution is 2.19. The number of fused-ring (bicyclic) bond motifs is 1. The van der Waals surface area contributed by atoms with Gasteiger partial charge in [0.15, 0.2) is 0 Å². The number of aryl methyl sites for hydroxylation is 1. The molecule has 1 heterocycles. The highest BCUT2D eigenvalue weighted by atomic mass is 14.9. The fraction of sp³-hybridized carbons (Fsp3) is 0.176. The van der Waals surface area contributed by atoms with Crippen LogP contribution in [0, 0.1) is 6.92 Å². The molecule has 2 aromatic carbocycles. The molecule has 2 heteroatoms. The SMILES string of the molecule is Cc1ccc2c(ccn2Cc2cccc(CN)c2)c1. The van der Waals surface area contributed by atoms with E-state index in [1.807, 2.05) is 0 Å². The standard InChI is InChI=1S/C17H18N2/c1-13-5-6-17-16(9-13)7-8-19(17)12-15-4-2-3-14(10-15)11-18/h2-10H,11-12,18H2,1H3. The van der Waals surface area contributed by atoms with Crippen LogP contribution in [0.2, 0.25) is 0 Å². The van der Waals surface area contributed by atoms with Crippen LogP contribution >= 0.6 is 0 Å². The van der Waals surface area contributed by atoms with Crippen LogP contribution in [0.25, 0.3) is 10.9 Å². The Labute approximate surface area is 113 Å². The van der Waals surface area contributed by atoms with Gasteiger partial charge in [0.25, 0.3) is 0 Å². The molecular formula is C17H18N2. The molecule has 0 radical (unpaired) electrons. The van der Waals surface area contributed by atoms with E-state index in [1.54, 1.807) is 0 Å². The molecule has 3 rings (SSSR count). The molecule has 3 aromatic rings. The number of hydrogen-bond acceptors (Lipinski definition) is 1. The summed E-state index contributed by atoms with van der Waals surface area (Å²) in [5.41, 5.74) is 10.8. The van der Waals surface area contributed by atoms with Crippen LogP contribution in [-0.2, 0) is 13.1 Å². The summed E-state index contributed by atoms with van der Waals surface area (Å²) >= 11 is 0. The molecule has 1 aromatic heterocycles. The Bertz CT molecular complexity index is 710. The molecule has 19 heavy (non-hydrogen) atoms. The summed E-state index contributed by atoms with van der Waals surface area (Å²) in [6.07, 6.45) is 2.15. The molecule has 0 fully saturated rings. The van der Waals surface area contributed by atoms with Crippen LogP contribution in [0.1, 0.15) is 16.7 Å². The quantitative estimate of drug-likeness (QED) is 0.758. The number of hydrogen-bond donors (Lipinski definition) is 1. The third-order valence-electron chi connectivity index (χ3n) is 3.51. The molecule has 0 atom stereocenters. The minimum absolute atomic E-state index is 0.597. The largest absolute Gasteiger partial charge is 0.343 e. The zero-order valence-electron chi connectivity index (χ0n) is 11.1. The van der Waals surface area contributed by atoms with E-state index in [0.29, 0.717) is 6.54 Å². The summed E-state index contributed by atoms with van der Waals surface area (Å²) in [6.45, 7) is 3.61. The van der Waals surface area contributed by atoms with Gasteiger partial charge in [-0.3, -0.25) is 0 Å². The number of nitrogens with two attached hydrogens (primary N) is 1. The predicted molar refractivity (Wildman–Crippen MR) is 80.1 cm³/mol. The molecule has 0 aliphatic rings. The molecular weight excluding hydrogens is 232 g/mol. The van der Waals surface area contributed by atoms with Crippen molar-refractivity contribution in [3.63, 3.8) is 0 Å². The van der Waals surface area contributed by atoms with Crippen molar-refractivity contribution in [2.45, 2.75) is 20.0 Å². The number of nitrogens with zero attached hydrogens (tertiary/aromatic N) is 1. The van der Waals surface area contributed by atoms with E-state index in [-0.39, 0.29) is 0 Å². The minimum Gasteiger partial charge on any atom is -0.343 e. The van der Waals surface area contributed by atoms with Crippen molar-refractivity contribution in [2.75, 3.05) is 0 Å². The maximum Gasteiger partial charge on any atom is 0.0483 e. The summed E-state index contributed by atoms with van der Waals surface area (Å²) in [4.78, 5) is 0. The van der Waals surface area contributed by atoms with E-state index in [1.165, 1.54) is 27.6 Å². The lowest BCUT2D eigenvalue weighted by molar-refractivity contribution is 0.834. The van der Waals surface area contributed by atoms with E-state index < -0.39 is 0 Å². The van der Waals surface area contributed by atoms with Gasteiger partial charge in [0.1, 0.15) is 0 Å². The lowest BCUT2D eigenvalue weighted by atomic mass is 10.1. The Morgan fingerprint density at radius 1 is 1.00 bits per heavy atom. The second-order valence-corrected chi connectivity index (χ2v) is 5.03. The zero-order chi connectivity index (χ0) is 13.2. The monoisotopic (exact) mass is 250 g/mol. The Morgan fingerprint density at radius 2 is 1.84 bits per heavy atom. The molecule has 0 aliphatic heterocycles. The molecule has 0 unspecified atom stereocenters. The van der Waals surface area contributed by atoms with Gasteiger partial charge in [0.2, 0.25) is 0 Å². The normalized spacial score (nSPS) is 11.1. The van der Waals surface area contributed by atoms with Crippen LogP contribution in [-0.4, -0.2) is 4.57 Å². The Morgan fingerprint density at radius 3 is 2.68 bits per heavy atom. The van der Waals surface area contributed by atoms with Crippen molar-refractivity contribution in [1.29, 1.82) is 0 Å². The minimum atomic E-state index is 0.597. The van der Waals surface area contributed by atoms with Crippen LogP contribution in [0.4, 0.5) is 0 Å². The van der Waals surface area contributed by atoms with Gasteiger partial charge in [-0.2, -0.15) is 0 Å². The van der Waals surface area contributed by atoms with Crippen LogP contribution in [0.15, 0.2) is 54.7 Å². The topological polar surface area (TPSA) is 30.9 Å². The van der Waals surface area contributed by atoms with E-state index in [9.17, 15) is 0 Å². The van der Waals surface area contributed by atoms with Gasteiger partial charge in [-0.15, -0.1) is 0 Å². The lowest BCUT2D eigenvalue weighted by Gasteiger charge is -2.07. The molecule has 2 N–H and O–H groups in total. The second-order valence-electron chi connectivity index (χ2n) is 5.03. The average molecular weight is 250 g/mol. The first-order valence-corrected chi connectivity index (χ1v) is 6.59. The van der Waals surface area contributed by atoms with Crippen molar-refractivity contribution in [2.24, 2.45) is 5.73 Å². The van der Waals surface area contributed by atoms with E-state index >= 15 is 0 Å². The number of rotatable bonds is 3. The first-order valence-electron chi connectivity index (χ1n) is 6.59. The Kier molecular flexibility index (Phi) is 3.10. The van der Waals surface area contributed by atoms with E-state index in [0.717, 1.165) is 6.54 Å². The summed E-state index contributed by atoms with van der Waals surface area (Å²) < 4.78 is 2.28. The summed E-state index contributed by atoms with van der Waals surface area (Å²) in [6, 6.07) is 17.2. The van der Waals surface area contributed by atoms with Gasteiger partial charge in [0, 0.05) is 24.8 Å². The van der Waals surface area contributed by atoms with E-state index in [2.05, 4.69) is 66.2 Å². The second kappa shape index (κ2) is 4.90. The predicted octanol–water partition coefficient (Wildman–Crippen LogP) is 3.46. The number of aromatic nitrogens is 1. The van der Waals surface area contributed by atoms with E-state index in [4.69, 9.17) is 5.73 Å². The summed E-state index contributed by atoms with van der Waals surface area (Å²) in [7, 11) is 0. The number of benzene rings is 2. The zero-order valence-corrected chi connectivity index (χ0v) is 11.1. The highest BCUT2D eigenvalue weighted by Gasteiger charge is 2.02. The highest BCUT2D eigenvalue weighted by molar-refractivity contribution is 5.80. The van der Waals surface area contributed by atoms with Crippen LogP contribution in [0.3, 0.4) is 0 Å². The molecule has 2 nitrogen and oxygen atoms in total. The molecule has 0 amide bonds. The molecule has 0 saturated heterocycles. The van der Waals surface area contributed by atoms with Crippen molar-refractivity contribution in [1.82, 2.24) is 4.57 Å². The van der Waals surface area contributed by atoms with Crippen molar-refractivity contribution < 1.29 is 0 Å². The first kappa shape index (κ1) is 12.0. The smallest absolute Gasteiger partial charge is 0.0483 e. The maximum absolute atomic E-state index is 5.69.